The van der Waals surface area contributed by atoms with Crippen molar-refractivity contribution in [2.45, 2.75) is 71.3 Å². The predicted molar refractivity (Wildman–Crippen MR) is 74.6 cm³/mol. The van der Waals surface area contributed by atoms with Gasteiger partial charge in [-0.25, -0.2) is 0 Å². The monoisotopic (exact) mass is 255 g/mol. The van der Waals surface area contributed by atoms with Gasteiger partial charge in [-0.15, -0.1) is 0 Å². The van der Waals surface area contributed by atoms with E-state index in [2.05, 4.69) is 13.8 Å². The molecule has 3 heteroatoms. The van der Waals surface area contributed by atoms with E-state index in [1.807, 2.05) is 4.90 Å². The van der Waals surface area contributed by atoms with Crippen molar-refractivity contribution < 1.29 is 9.53 Å². The van der Waals surface area contributed by atoms with E-state index in [4.69, 9.17) is 4.74 Å². The van der Waals surface area contributed by atoms with Crippen molar-refractivity contribution >= 4 is 5.91 Å². The van der Waals surface area contributed by atoms with Crippen LogP contribution in [0.3, 0.4) is 0 Å². The second kappa shape index (κ2) is 9.37. The number of carbonyl (C=O) groups excluding carboxylic acids is 1. The van der Waals surface area contributed by atoms with Gasteiger partial charge in [-0.05, 0) is 12.8 Å². The Morgan fingerprint density at radius 2 is 1.83 bits per heavy atom. The molecule has 0 spiro atoms. The van der Waals surface area contributed by atoms with E-state index < -0.39 is 0 Å². The maximum Gasteiger partial charge on any atom is 0.251 e. The fourth-order valence-corrected chi connectivity index (χ4v) is 2.46. The van der Waals surface area contributed by atoms with Crippen LogP contribution in [0.2, 0.25) is 0 Å². The largest absolute Gasteiger partial charge is 0.368 e. The molecule has 1 unspecified atom stereocenters. The van der Waals surface area contributed by atoms with E-state index in [1.165, 1.54) is 32.1 Å². The van der Waals surface area contributed by atoms with Gasteiger partial charge in [0.2, 0.25) is 0 Å². The molecule has 1 aliphatic heterocycles. The third kappa shape index (κ3) is 5.38. The van der Waals surface area contributed by atoms with Crippen molar-refractivity contribution in [1.82, 2.24) is 4.90 Å². The van der Waals surface area contributed by atoms with Crippen LogP contribution in [-0.4, -0.2) is 36.6 Å². The summed E-state index contributed by atoms with van der Waals surface area (Å²) in [6, 6.07) is 0. The molecular formula is C15H29NO2. The van der Waals surface area contributed by atoms with Crippen molar-refractivity contribution in [2.75, 3.05) is 19.7 Å². The van der Waals surface area contributed by atoms with Crippen LogP contribution < -0.4 is 0 Å². The van der Waals surface area contributed by atoms with Crippen LogP contribution in [-0.2, 0) is 9.53 Å². The van der Waals surface area contributed by atoms with Crippen molar-refractivity contribution in [1.29, 1.82) is 0 Å². The second-order valence-electron chi connectivity index (χ2n) is 5.24. The third-order valence-corrected chi connectivity index (χ3v) is 3.56. The van der Waals surface area contributed by atoms with Crippen LogP contribution >= 0.6 is 0 Å². The Kier molecular flexibility index (Phi) is 8.06. The minimum Gasteiger partial charge on any atom is -0.368 e. The molecule has 1 fully saturated rings. The maximum absolute atomic E-state index is 11.9. The number of carbonyl (C=O) groups is 1. The van der Waals surface area contributed by atoms with Crippen molar-refractivity contribution in [3.63, 3.8) is 0 Å². The molecule has 1 atom stereocenters. The van der Waals surface area contributed by atoms with Crippen molar-refractivity contribution in [2.24, 2.45) is 0 Å². The lowest BCUT2D eigenvalue weighted by Crippen LogP contribution is -2.31. The Morgan fingerprint density at radius 1 is 1.11 bits per heavy atom. The number of amides is 1. The van der Waals surface area contributed by atoms with Gasteiger partial charge in [0.1, 0.15) is 6.10 Å². The van der Waals surface area contributed by atoms with E-state index in [-0.39, 0.29) is 12.0 Å². The molecule has 0 saturated carbocycles. The van der Waals surface area contributed by atoms with Crippen molar-refractivity contribution in [3.8, 4) is 0 Å². The van der Waals surface area contributed by atoms with Crippen LogP contribution in [0.25, 0.3) is 0 Å². The first-order valence-electron chi connectivity index (χ1n) is 7.70. The van der Waals surface area contributed by atoms with Gasteiger partial charge in [0.05, 0.1) is 0 Å². The highest BCUT2D eigenvalue weighted by atomic mass is 16.5. The summed E-state index contributed by atoms with van der Waals surface area (Å²) in [5, 5.41) is 0. The van der Waals surface area contributed by atoms with Gasteiger partial charge in [0.25, 0.3) is 5.91 Å². The summed E-state index contributed by atoms with van der Waals surface area (Å²) in [4.78, 5) is 13.8. The fourth-order valence-electron chi connectivity index (χ4n) is 2.46. The molecule has 1 rings (SSSR count). The van der Waals surface area contributed by atoms with Crippen LogP contribution in [0.5, 0.6) is 0 Å². The van der Waals surface area contributed by atoms with Crippen LogP contribution in [0.4, 0.5) is 0 Å². The fraction of sp³-hybridized carbons (Fsp3) is 0.933. The van der Waals surface area contributed by atoms with Gasteiger partial charge in [-0.3, -0.25) is 4.79 Å². The quantitative estimate of drug-likeness (QED) is 0.560. The molecule has 0 aromatic rings. The average molecular weight is 255 g/mol. The minimum absolute atomic E-state index is 0.146. The summed E-state index contributed by atoms with van der Waals surface area (Å²) >= 11 is 0. The molecule has 0 aromatic carbocycles. The van der Waals surface area contributed by atoms with Gasteiger partial charge >= 0.3 is 0 Å². The topological polar surface area (TPSA) is 29.5 Å². The molecule has 0 aliphatic carbocycles. The number of likely N-dealkylation sites (tertiary alicyclic amines) is 1. The van der Waals surface area contributed by atoms with Crippen molar-refractivity contribution in [3.05, 3.63) is 0 Å². The molecule has 3 nitrogen and oxygen atoms in total. The number of nitrogens with zero attached hydrogens (tertiary/aromatic N) is 1. The maximum atomic E-state index is 11.9. The van der Waals surface area contributed by atoms with Gasteiger partial charge in [0, 0.05) is 26.1 Å². The number of rotatable bonds is 10. The zero-order valence-electron chi connectivity index (χ0n) is 12.1. The first-order valence-corrected chi connectivity index (χ1v) is 7.70. The Bertz CT molecular complexity index is 231. The second-order valence-corrected chi connectivity index (χ2v) is 5.24. The van der Waals surface area contributed by atoms with Gasteiger partial charge in [-0.1, -0.05) is 46.0 Å². The lowest BCUT2D eigenvalue weighted by molar-refractivity contribution is -0.137. The lowest BCUT2D eigenvalue weighted by atomic mass is 10.1. The highest BCUT2D eigenvalue weighted by Gasteiger charge is 2.31. The normalized spacial score (nSPS) is 19.8. The van der Waals surface area contributed by atoms with Crippen LogP contribution in [0.1, 0.15) is 65.2 Å². The number of hydrogen-bond donors (Lipinski definition) is 0. The first kappa shape index (κ1) is 15.5. The summed E-state index contributed by atoms with van der Waals surface area (Å²) < 4.78 is 5.71. The SMILES string of the molecule is CCCCCCCCOC1CCN(CCC)C1=O. The van der Waals surface area contributed by atoms with E-state index in [0.29, 0.717) is 0 Å². The lowest BCUT2D eigenvalue weighted by Gasteiger charge is -2.15. The molecule has 0 aromatic heterocycles. The third-order valence-electron chi connectivity index (χ3n) is 3.56. The Labute approximate surface area is 112 Å². The van der Waals surface area contributed by atoms with Crippen LogP contribution in [0, 0.1) is 0 Å². The summed E-state index contributed by atoms with van der Waals surface area (Å²) in [6.07, 6.45) is 9.38. The minimum atomic E-state index is -0.146. The number of unbranched alkanes of at least 4 members (excludes halogenated alkanes) is 5. The standard InChI is InChI=1S/C15H29NO2/c1-3-5-6-7-8-9-13-18-14-10-12-16(11-4-2)15(14)17/h14H,3-13H2,1-2H3. The zero-order valence-corrected chi connectivity index (χ0v) is 12.1. The van der Waals surface area contributed by atoms with Crippen LogP contribution in [0.15, 0.2) is 0 Å². The summed E-state index contributed by atoms with van der Waals surface area (Å²) in [7, 11) is 0. The molecule has 0 N–H and O–H groups in total. The summed E-state index contributed by atoms with van der Waals surface area (Å²) in [5.74, 6) is 0.211. The molecule has 1 amide bonds. The van der Waals surface area contributed by atoms with Gasteiger partial charge in [0.15, 0.2) is 0 Å². The molecule has 18 heavy (non-hydrogen) atoms. The molecule has 106 valence electrons. The Morgan fingerprint density at radius 3 is 2.56 bits per heavy atom. The van der Waals surface area contributed by atoms with E-state index in [1.54, 1.807) is 0 Å². The van der Waals surface area contributed by atoms with Gasteiger partial charge in [-0.2, -0.15) is 0 Å². The highest BCUT2D eigenvalue weighted by Crippen LogP contribution is 2.15. The zero-order chi connectivity index (χ0) is 13.2. The molecular weight excluding hydrogens is 226 g/mol. The van der Waals surface area contributed by atoms with E-state index in [9.17, 15) is 4.79 Å². The Hall–Kier alpha value is -0.570. The predicted octanol–water partition coefficient (Wildman–Crippen LogP) is 3.37. The summed E-state index contributed by atoms with van der Waals surface area (Å²) in [5.41, 5.74) is 0. The highest BCUT2D eigenvalue weighted by molar-refractivity contribution is 5.82. The van der Waals surface area contributed by atoms with Gasteiger partial charge < -0.3 is 9.64 Å². The smallest absolute Gasteiger partial charge is 0.251 e. The molecule has 1 aliphatic rings. The number of ether oxygens (including phenoxy) is 1. The van der Waals surface area contributed by atoms with E-state index >= 15 is 0 Å². The average Bonchev–Trinajstić information content (AvgIpc) is 2.71. The number of hydrogen-bond acceptors (Lipinski definition) is 2. The summed E-state index contributed by atoms with van der Waals surface area (Å²) in [6.45, 7) is 6.86. The molecule has 0 radical (unpaired) electrons. The molecule has 1 heterocycles. The molecule has 0 bridgehead atoms. The Balaban J connectivity index is 2.01. The molecule has 1 saturated heterocycles. The first-order chi connectivity index (χ1) is 8.79. The van der Waals surface area contributed by atoms with E-state index in [0.717, 1.165) is 39.0 Å².